The normalized spacial score (nSPS) is 19.1. The third-order valence-electron chi connectivity index (χ3n) is 3.95. The highest BCUT2D eigenvalue weighted by molar-refractivity contribution is 6.00. The van der Waals surface area contributed by atoms with Crippen molar-refractivity contribution in [2.45, 2.75) is 11.8 Å². The van der Waals surface area contributed by atoms with E-state index >= 15 is 0 Å². The van der Waals surface area contributed by atoms with Crippen molar-refractivity contribution in [1.82, 2.24) is 5.43 Å². The molecule has 0 spiro atoms. The lowest BCUT2D eigenvalue weighted by Gasteiger charge is -2.20. The molecule has 1 fully saturated rings. The van der Waals surface area contributed by atoms with Crippen LogP contribution in [0.5, 0.6) is 5.75 Å². The van der Waals surface area contributed by atoms with Gasteiger partial charge in [0.1, 0.15) is 11.8 Å². The Morgan fingerprint density at radius 2 is 1.76 bits per heavy atom. The first-order valence-electron chi connectivity index (χ1n) is 7.28. The molecule has 1 atom stereocenters. The lowest BCUT2D eigenvalue weighted by molar-refractivity contribution is -0.384. The largest absolute Gasteiger partial charge is 0.497 e. The topological polar surface area (TPSA) is 125 Å². The number of hydrogen-bond donors (Lipinski definition) is 3. The summed E-state index contributed by atoms with van der Waals surface area (Å²) >= 11 is 0. The molecular formula is C16H15N3O6. The van der Waals surface area contributed by atoms with E-state index in [9.17, 15) is 25.1 Å². The molecule has 2 aromatic carbocycles. The van der Waals surface area contributed by atoms with Gasteiger partial charge in [0.25, 0.3) is 11.5 Å². The molecule has 0 aromatic heterocycles. The molecule has 25 heavy (non-hydrogen) atoms. The molecule has 3 N–H and O–H groups in total. The van der Waals surface area contributed by atoms with Crippen LogP contribution in [-0.4, -0.2) is 33.9 Å². The van der Waals surface area contributed by atoms with Crippen molar-refractivity contribution >= 4 is 17.3 Å². The molecule has 1 aliphatic rings. The quantitative estimate of drug-likeness (QED) is 0.426. The highest BCUT2D eigenvalue weighted by Gasteiger charge is 2.53. The predicted molar refractivity (Wildman–Crippen MR) is 86.6 cm³/mol. The smallest absolute Gasteiger partial charge is 0.303 e. The Labute approximate surface area is 142 Å². The first-order valence-corrected chi connectivity index (χ1v) is 7.28. The number of nitrogens with one attached hydrogen (secondary N) is 1. The Hall–Kier alpha value is -3.01. The van der Waals surface area contributed by atoms with Gasteiger partial charge in [0, 0.05) is 12.1 Å². The van der Waals surface area contributed by atoms with Gasteiger partial charge in [-0.15, -0.1) is 0 Å². The van der Waals surface area contributed by atoms with Crippen molar-refractivity contribution in [2.75, 3.05) is 12.1 Å². The summed E-state index contributed by atoms with van der Waals surface area (Å²) < 4.78 is 5.05. The zero-order valence-corrected chi connectivity index (χ0v) is 13.1. The zero-order valence-electron chi connectivity index (χ0n) is 13.1. The van der Waals surface area contributed by atoms with Gasteiger partial charge in [0.2, 0.25) is 0 Å². The van der Waals surface area contributed by atoms with Gasteiger partial charge in [-0.2, -0.15) is 0 Å². The standard InChI is InChI=1S/C16H15N3O6/c1-25-13-8-2-10(3-9-13)14-16(21,22)15(20)18(17-14)11-4-6-12(7-5-11)19(23)24/h2-9,14,17,21-22H,1H3. The SMILES string of the molecule is COc1ccc(C2NN(c3ccc([N+](=O)[O-])cc3)C(=O)C2(O)O)cc1. The second kappa shape index (κ2) is 6.13. The number of aliphatic hydroxyl groups is 2. The van der Waals surface area contributed by atoms with Gasteiger partial charge < -0.3 is 14.9 Å². The number of methoxy groups -OCH3 is 1. The molecule has 1 unspecified atom stereocenters. The number of amides is 1. The number of carbonyl (C=O) groups is 1. The van der Waals surface area contributed by atoms with Gasteiger partial charge in [-0.3, -0.25) is 14.9 Å². The van der Waals surface area contributed by atoms with E-state index in [1.54, 1.807) is 24.3 Å². The summed E-state index contributed by atoms with van der Waals surface area (Å²) in [7, 11) is 1.51. The van der Waals surface area contributed by atoms with Crippen LogP contribution in [0.15, 0.2) is 48.5 Å². The molecule has 1 amide bonds. The summed E-state index contributed by atoms with van der Waals surface area (Å²) in [5.41, 5.74) is 3.30. The summed E-state index contributed by atoms with van der Waals surface area (Å²) in [6, 6.07) is 10.5. The molecule has 0 radical (unpaired) electrons. The van der Waals surface area contributed by atoms with Crippen LogP contribution in [0.4, 0.5) is 11.4 Å². The molecule has 9 nitrogen and oxygen atoms in total. The second-order valence-corrected chi connectivity index (χ2v) is 5.48. The van der Waals surface area contributed by atoms with E-state index in [4.69, 9.17) is 4.74 Å². The Morgan fingerprint density at radius 3 is 2.28 bits per heavy atom. The minimum absolute atomic E-state index is 0.138. The summed E-state index contributed by atoms with van der Waals surface area (Å²) in [5.74, 6) is -3.07. The minimum atomic E-state index is -2.67. The fraction of sp³-hybridized carbons (Fsp3) is 0.188. The number of anilines is 1. The van der Waals surface area contributed by atoms with Crippen molar-refractivity contribution < 1.29 is 24.7 Å². The summed E-state index contributed by atoms with van der Waals surface area (Å²) in [4.78, 5) is 22.5. The number of rotatable bonds is 4. The molecule has 0 saturated carbocycles. The van der Waals surface area contributed by atoms with Gasteiger partial charge in [-0.1, -0.05) is 12.1 Å². The van der Waals surface area contributed by atoms with Crippen molar-refractivity contribution in [3.05, 3.63) is 64.2 Å². The molecule has 1 aliphatic heterocycles. The Kier molecular flexibility index (Phi) is 4.13. The average molecular weight is 345 g/mol. The number of non-ortho nitro benzene ring substituents is 1. The molecule has 1 saturated heterocycles. The van der Waals surface area contributed by atoms with Crippen LogP contribution in [-0.2, 0) is 4.79 Å². The maximum absolute atomic E-state index is 12.4. The van der Waals surface area contributed by atoms with Gasteiger partial charge in [0.05, 0.1) is 17.7 Å². The van der Waals surface area contributed by atoms with Crippen LogP contribution in [0.2, 0.25) is 0 Å². The van der Waals surface area contributed by atoms with Crippen LogP contribution in [0.25, 0.3) is 0 Å². The van der Waals surface area contributed by atoms with Gasteiger partial charge >= 0.3 is 5.91 Å². The number of nitro groups is 1. The minimum Gasteiger partial charge on any atom is -0.497 e. The second-order valence-electron chi connectivity index (χ2n) is 5.48. The van der Waals surface area contributed by atoms with Gasteiger partial charge in [-0.25, -0.2) is 10.4 Å². The van der Waals surface area contributed by atoms with Crippen LogP contribution < -0.4 is 15.2 Å². The van der Waals surface area contributed by atoms with Crippen molar-refractivity contribution in [1.29, 1.82) is 0 Å². The summed E-state index contributed by atoms with van der Waals surface area (Å²) in [6.07, 6.45) is 0. The third kappa shape index (κ3) is 2.91. The van der Waals surface area contributed by atoms with E-state index in [-0.39, 0.29) is 11.4 Å². The summed E-state index contributed by atoms with van der Waals surface area (Å²) in [6.45, 7) is 0. The Balaban J connectivity index is 1.90. The van der Waals surface area contributed by atoms with E-state index in [0.717, 1.165) is 5.01 Å². The lowest BCUT2D eigenvalue weighted by Crippen LogP contribution is -2.42. The van der Waals surface area contributed by atoms with Gasteiger partial charge in [0.15, 0.2) is 0 Å². The number of carbonyl (C=O) groups excluding carboxylic acids is 1. The molecule has 2 aromatic rings. The van der Waals surface area contributed by atoms with E-state index in [0.29, 0.717) is 11.3 Å². The Bertz CT molecular complexity index is 804. The van der Waals surface area contributed by atoms with E-state index < -0.39 is 22.7 Å². The highest BCUT2D eigenvalue weighted by atomic mass is 16.6. The highest BCUT2D eigenvalue weighted by Crippen LogP contribution is 2.35. The third-order valence-corrected chi connectivity index (χ3v) is 3.95. The zero-order chi connectivity index (χ0) is 18.2. The Morgan fingerprint density at radius 1 is 1.16 bits per heavy atom. The van der Waals surface area contributed by atoms with Crippen LogP contribution in [0.3, 0.4) is 0 Å². The van der Waals surface area contributed by atoms with Gasteiger partial charge in [-0.05, 0) is 29.8 Å². The molecule has 3 rings (SSSR count). The fourth-order valence-corrected chi connectivity index (χ4v) is 2.58. The molecular weight excluding hydrogens is 330 g/mol. The fourth-order valence-electron chi connectivity index (χ4n) is 2.58. The monoisotopic (exact) mass is 345 g/mol. The number of hydrazine groups is 1. The number of hydrogen-bond acceptors (Lipinski definition) is 7. The predicted octanol–water partition coefficient (Wildman–Crippen LogP) is 0.877. The van der Waals surface area contributed by atoms with Crippen LogP contribution in [0.1, 0.15) is 11.6 Å². The number of ether oxygens (including phenoxy) is 1. The van der Waals surface area contributed by atoms with Crippen molar-refractivity contribution in [2.24, 2.45) is 0 Å². The molecule has 1 heterocycles. The molecule has 130 valence electrons. The molecule has 9 heteroatoms. The first-order chi connectivity index (χ1) is 11.8. The maximum Gasteiger partial charge on any atom is 0.303 e. The molecule has 0 aliphatic carbocycles. The molecule has 0 bridgehead atoms. The van der Waals surface area contributed by atoms with Crippen molar-refractivity contribution in [3.8, 4) is 5.75 Å². The van der Waals surface area contributed by atoms with Crippen LogP contribution >= 0.6 is 0 Å². The average Bonchev–Trinajstić information content (AvgIpc) is 2.85. The lowest BCUT2D eigenvalue weighted by atomic mass is 10.00. The first kappa shape index (κ1) is 16.8. The number of nitro benzene ring substituents is 1. The maximum atomic E-state index is 12.4. The number of benzene rings is 2. The van der Waals surface area contributed by atoms with E-state index in [1.165, 1.54) is 31.4 Å². The number of nitrogens with zero attached hydrogens (tertiary/aromatic N) is 2. The van der Waals surface area contributed by atoms with E-state index in [1.807, 2.05) is 0 Å². The van der Waals surface area contributed by atoms with Crippen molar-refractivity contribution in [3.63, 3.8) is 0 Å². The van der Waals surface area contributed by atoms with Crippen LogP contribution in [0, 0.1) is 10.1 Å². The van der Waals surface area contributed by atoms with E-state index in [2.05, 4.69) is 5.43 Å². The summed E-state index contributed by atoms with van der Waals surface area (Å²) in [5, 5.41) is 32.1.